The number of ketones is 1. The van der Waals surface area contributed by atoms with Gasteiger partial charge in [0.05, 0.1) is 6.54 Å². The zero-order chi connectivity index (χ0) is 17.3. The van der Waals surface area contributed by atoms with Gasteiger partial charge in [-0.25, -0.2) is 0 Å². The Hall–Kier alpha value is -1.72. The molecule has 1 amide bonds. The number of carbonyl (C=O) groups is 2. The first-order valence-electron chi connectivity index (χ1n) is 8.83. The Morgan fingerprint density at radius 2 is 1.92 bits per heavy atom. The maximum atomic E-state index is 12.9. The van der Waals surface area contributed by atoms with Crippen molar-refractivity contribution in [3.8, 4) is 0 Å². The molecule has 1 aromatic rings. The number of carbonyl (C=O) groups excluding carboxylic acids is 2. The number of Topliss-reactive ketones (excluding diaryl/α,β-unsaturated/α-hetero) is 1. The highest BCUT2D eigenvalue weighted by Crippen LogP contribution is 2.33. The monoisotopic (exact) mass is 329 g/mol. The van der Waals surface area contributed by atoms with Gasteiger partial charge in [0.25, 0.3) is 0 Å². The Balaban J connectivity index is 1.77. The Morgan fingerprint density at radius 3 is 2.58 bits per heavy atom. The van der Waals surface area contributed by atoms with Crippen molar-refractivity contribution in [3.05, 3.63) is 29.3 Å². The van der Waals surface area contributed by atoms with E-state index in [0.29, 0.717) is 12.1 Å². The van der Waals surface area contributed by atoms with Crippen LogP contribution in [-0.4, -0.2) is 49.8 Å². The van der Waals surface area contributed by atoms with E-state index in [4.69, 9.17) is 5.73 Å². The average molecular weight is 329 g/mol. The van der Waals surface area contributed by atoms with Gasteiger partial charge in [0.1, 0.15) is 0 Å². The largest absolute Gasteiger partial charge is 0.328 e. The number of anilines is 1. The van der Waals surface area contributed by atoms with Gasteiger partial charge < -0.3 is 15.5 Å². The zero-order valence-corrected chi connectivity index (χ0v) is 14.6. The second kappa shape index (κ2) is 7.03. The molecule has 1 aromatic carbocycles. The Labute approximate surface area is 143 Å². The quantitative estimate of drug-likeness (QED) is 0.856. The van der Waals surface area contributed by atoms with E-state index in [1.54, 1.807) is 0 Å². The lowest BCUT2D eigenvalue weighted by Gasteiger charge is -2.29. The molecule has 2 aliphatic rings. The van der Waals surface area contributed by atoms with E-state index in [1.807, 2.05) is 42.1 Å². The highest BCUT2D eigenvalue weighted by atomic mass is 16.2. The smallest absolute Gasteiger partial charge is 0.230 e. The van der Waals surface area contributed by atoms with Crippen molar-refractivity contribution in [3.63, 3.8) is 0 Å². The molecular formula is C19H27N3O2. The van der Waals surface area contributed by atoms with Gasteiger partial charge in [0.2, 0.25) is 5.91 Å². The zero-order valence-electron chi connectivity index (χ0n) is 14.6. The summed E-state index contributed by atoms with van der Waals surface area (Å²) in [6.45, 7) is 1.11. The fraction of sp³-hybridized carbons (Fsp3) is 0.579. The molecule has 0 atom stereocenters. The van der Waals surface area contributed by atoms with Gasteiger partial charge in [0.15, 0.2) is 5.78 Å². The number of likely N-dealkylation sites (N-methyl/N-ethyl adjacent to an activating group) is 1. The molecule has 0 bridgehead atoms. The minimum atomic E-state index is 0.0804. The van der Waals surface area contributed by atoms with E-state index < -0.39 is 0 Å². The lowest BCUT2D eigenvalue weighted by atomic mass is 9.85. The van der Waals surface area contributed by atoms with Crippen molar-refractivity contribution in [1.29, 1.82) is 0 Å². The third-order valence-corrected chi connectivity index (χ3v) is 5.15. The minimum Gasteiger partial charge on any atom is -0.328 e. The Kier molecular flexibility index (Phi) is 5.01. The third kappa shape index (κ3) is 3.52. The second-order valence-electron chi connectivity index (χ2n) is 7.36. The molecule has 1 saturated carbocycles. The Morgan fingerprint density at radius 1 is 1.21 bits per heavy atom. The van der Waals surface area contributed by atoms with Gasteiger partial charge in [0, 0.05) is 29.8 Å². The van der Waals surface area contributed by atoms with Crippen molar-refractivity contribution in [2.24, 2.45) is 11.7 Å². The number of nitrogens with zero attached hydrogens (tertiary/aromatic N) is 2. The van der Waals surface area contributed by atoms with Gasteiger partial charge >= 0.3 is 0 Å². The standard InChI is InChI=1S/C19H27N3O2/c1-21(2)12-18(23)15-4-3-13-9-10-22(17(13)11-15)19(24)14-5-7-16(20)8-6-14/h3-4,11,14,16H,5-10,12,20H2,1-2H3. The van der Waals surface area contributed by atoms with Crippen LogP contribution < -0.4 is 10.6 Å². The van der Waals surface area contributed by atoms with Crippen LogP contribution in [0.1, 0.15) is 41.6 Å². The lowest BCUT2D eigenvalue weighted by molar-refractivity contribution is -0.123. The van der Waals surface area contributed by atoms with Crippen LogP contribution in [0.25, 0.3) is 0 Å². The molecule has 5 nitrogen and oxygen atoms in total. The highest BCUT2D eigenvalue weighted by molar-refractivity contribution is 6.02. The molecule has 1 heterocycles. The molecule has 0 unspecified atom stereocenters. The summed E-state index contributed by atoms with van der Waals surface area (Å²) in [7, 11) is 3.77. The predicted molar refractivity (Wildman–Crippen MR) is 95.3 cm³/mol. The van der Waals surface area contributed by atoms with Gasteiger partial charge in [-0.05, 0) is 57.8 Å². The van der Waals surface area contributed by atoms with Crippen LogP contribution in [0.4, 0.5) is 5.69 Å². The summed E-state index contributed by atoms with van der Waals surface area (Å²) in [5, 5.41) is 0. The number of hydrogen-bond donors (Lipinski definition) is 1. The molecule has 0 radical (unpaired) electrons. The second-order valence-corrected chi connectivity index (χ2v) is 7.36. The fourth-order valence-electron chi connectivity index (χ4n) is 3.75. The highest BCUT2D eigenvalue weighted by Gasteiger charge is 2.32. The maximum Gasteiger partial charge on any atom is 0.230 e. The molecule has 24 heavy (non-hydrogen) atoms. The van der Waals surface area contributed by atoms with Gasteiger partial charge in [-0.1, -0.05) is 12.1 Å². The van der Waals surface area contributed by atoms with Crippen molar-refractivity contribution in [1.82, 2.24) is 4.90 Å². The summed E-state index contributed by atoms with van der Waals surface area (Å²) in [4.78, 5) is 29.0. The number of hydrogen-bond acceptors (Lipinski definition) is 4. The van der Waals surface area contributed by atoms with Crippen molar-refractivity contribution < 1.29 is 9.59 Å². The summed E-state index contributed by atoms with van der Waals surface area (Å²) in [5.74, 6) is 0.375. The normalized spacial score (nSPS) is 23.4. The van der Waals surface area contributed by atoms with Crippen LogP contribution in [-0.2, 0) is 11.2 Å². The van der Waals surface area contributed by atoms with Crippen molar-refractivity contribution >= 4 is 17.4 Å². The summed E-state index contributed by atoms with van der Waals surface area (Å²) in [5.41, 5.74) is 8.74. The van der Waals surface area contributed by atoms with E-state index in [1.165, 1.54) is 0 Å². The van der Waals surface area contributed by atoms with Crippen molar-refractivity contribution in [2.45, 2.75) is 38.1 Å². The van der Waals surface area contributed by atoms with Crippen LogP contribution in [0.15, 0.2) is 18.2 Å². The molecule has 2 N–H and O–H groups in total. The molecule has 0 aromatic heterocycles. The van der Waals surface area contributed by atoms with E-state index in [0.717, 1.165) is 49.9 Å². The molecule has 5 heteroatoms. The molecule has 1 aliphatic heterocycles. The number of nitrogens with two attached hydrogens (primary N) is 1. The number of fused-ring (bicyclic) bond motifs is 1. The third-order valence-electron chi connectivity index (χ3n) is 5.15. The molecule has 1 aliphatic carbocycles. The van der Waals surface area contributed by atoms with E-state index >= 15 is 0 Å². The van der Waals surface area contributed by atoms with Crippen LogP contribution in [0.3, 0.4) is 0 Å². The maximum absolute atomic E-state index is 12.9. The Bertz CT molecular complexity index is 633. The van der Waals surface area contributed by atoms with Crippen LogP contribution >= 0.6 is 0 Å². The average Bonchev–Trinajstić information content (AvgIpc) is 2.97. The van der Waals surface area contributed by atoms with Gasteiger partial charge in [-0.2, -0.15) is 0 Å². The summed E-state index contributed by atoms with van der Waals surface area (Å²) in [6, 6.07) is 6.04. The van der Waals surface area contributed by atoms with Crippen LogP contribution in [0.5, 0.6) is 0 Å². The number of benzene rings is 1. The van der Waals surface area contributed by atoms with E-state index in [2.05, 4.69) is 0 Å². The topological polar surface area (TPSA) is 66.6 Å². The first-order valence-corrected chi connectivity index (χ1v) is 8.83. The molecule has 130 valence electrons. The van der Waals surface area contributed by atoms with E-state index in [-0.39, 0.29) is 23.7 Å². The first kappa shape index (κ1) is 17.1. The van der Waals surface area contributed by atoms with E-state index in [9.17, 15) is 9.59 Å². The summed E-state index contributed by atoms with van der Waals surface area (Å²) < 4.78 is 0. The minimum absolute atomic E-state index is 0.0804. The molecular weight excluding hydrogens is 302 g/mol. The molecule has 1 fully saturated rings. The SMILES string of the molecule is CN(C)CC(=O)c1ccc2c(c1)N(C(=O)C1CCC(N)CC1)CC2. The fourth-order valence-corrected chi connectivity index (χ4v) is 3.75. The predicted octanol–water partition coefficient (Wildman–Crippen LogP) is 1.84. The summed E-state index contributed by atoms with van der Waals surface area (Å²) in [6.07, 6.45) is 4.49. The van der Waals surface area contributed by atoms with Gasteiger partial charge in [-0.15, -0.1) is 0 Å². The molecule has 3 rings (SSSR count). The molecule has 0 spiro atoms. The lowest BCUT2D eigenvalue weighted by Crippen LogP contribution is -2.38. The van der Waals surface area contributed by atoms with Gasteiger partial charge in [-0.3, -0.25) is 9.59 Å². The van der Waals surface area contributed by atoms with Crippen molar-refractivity contribution in [2.75, 3.05) is 32.1 Å². The number of amides is 1. The number of rotatable bonds is 4. The van der Waals surface area contributed by atoms with Crippen LogP contribution in [0.2, 0.25) is 0 Å². The first-order chi connectivity index (χ1) is 11.5. The molecule has 0 saturated heterocycles. The summed E-state index contributed by atoms with van der Waals surface area (Å²) >= 11 is 0. The van der Waals surface area contributed by atoms with Crippen LogP contribution in [0, 0.1) is 5.92 Å².